The molecule has 132 valence electrons. The summed E-state index contributed by atoms with van der Waals surface area (Å²) in [4.78, 5) is 19.0. The molecule has 0 bridgehead atoms. The number of rotatable bonds is 3. The highest BCUT2D eigenvalue weighted by Crippen LogP contribution is 2.23. The van der Waals surface area contributed by atoms with Gasteiger partial charge in [-0.05, 0) is 51.5 Å². The number of carbonyl (C=O) groups excluding carboxylic acids is 1. The summed E-state index contributed by atoms with van der Waals surface area (Å²) in [7, 11) is 3.98. The monoisotopic (exact) mass is 334 g/mol. The predicted octanol–water partition coefficient (Wildman–Crippen LogP) is 2.46. The number of para-hydroxylation sites is 1. The summed E-state index contributed by atoms with van der Waals surface area (Å²) in [5.74, 6) is -0.404. The summed E-state index contributed by atoms with van der Waals surface area (Å²) in [5, 5.41) is 2.67. The van der Waals surface area contributed by atoms with Gasteiger partial charge in [0, 0.05) is 32.2 Å². The fourth-order valence-corrected chi connectivity index (χ4v) is 3.71. The summed E-state index contributed by atoms with van der Waals surface area (Å²) < 4.78 is 13.7. The topological polar surface area (TPSA) is 38.8 Å². The Kier molecular flexibility index (Phi) is 5.36. The minimum absolute atomic E-state index is 0.191. The van der Waals surface area contributed by atoms with Crippen LogP contribution in [-0.4, -0.2) is 73.1 Å². The minimum Gasteiger partial charge on any atom is -0.323 e. The van der Waals surface area contributed by atoms with Crippen molar-refractivity contribution in [3.05, 3.63) is 30.1 Å². The fraction of sp³-hybridized carbons (Fsp3) is 0.611. The number of nitrogens with zero attached hydrogens (tertiary/aromatic N) is 3. The predicted molar refractivity (Wildman–Crippen MR) is 93.7 cm³/mol. The first kappa shape index (κ1) is 17.2. The van der Waals surface area contributed by atoms with Gasteiger partial charge in [-0.3, -0.25) is 4.90 Å². The van der Waals surface area contributed by atoms with Gasteiger partial charge in [0.15, 0.2) is 0 Å². The van der Waals surface area contributed by atoms with Gasteiger partial charge in [-0.15, -0.1) is 0 Å². The Bertz CT molecular complexity index is 574. The van der Waals surface area contributed by atoms with Crippen LogP contribution in [-0.2, 0) is 0 Å². The third kappa shape index (κ3) is 3.87. The lowest BCUT2D eigenvalue weighted by atomic mass is 10.0. The Morgan fingerprint density at radius 3 is 2.62 bits per heavy atom. The van der Waals surface area contributed by atoms with E-state index in [1.165, 1.54) is 18.9 Å². The molecule has 6 heteroatoms. The Balaban J connectivity index is 1.53. The van der Waals surface area contributed by atoms with Crippen molar-refractivity contribution in [2.75, 3.05) is 45.6 Å². The molecular weight excluding hydrogens is 307 g/mol. The molecular formula is C18H27FN4O. The number of hydrogen-bond donors (Lipinski definition) is 1. The Labute approximate surface area is 143 Å². The molecule has 1 unspecified atom stereocenters. The van der Waals surface area contributed by atoms with E-state index < -0.39 is 5.82 Å². The summed E-state index contributed by atoms with van der Waals surface area (Å²) in [5.41, 5.74) is 0.236. The van der Waals surface area contributed by atoms with Crippen molar-refractivity contribution in [3.8, 4) is 0 Å². The van der Waals surface area contributed by atoms with Crippen LogP contribution in [0.5, 0.6) is 0 Å². The molecule has 1 aromatic rings. The normalized spacial score (nSPS) is 23.4. The van der Waals surface area contributed by atoms with Crippen LogP contribution < -0.4 is 5.32 Å². The van der Waals surface area contributed by atoms with Gasteiger partial charge in [0.1, 0.15) is 5.82 Å². The van der Waals surface area contributed by atoms with E-state index in [4.69, 9.17) is 0 Å². The zero-order valence-electron chi connectivity index (χ0n) is 14.5. The molecule has 2 amide bonds. The molecule has 2 aliphatic heterocycles. The van der Waals surface area contributed by atoms with E-state index >= 15 is 0 Å². The molecule has 2 saturated heterocycles. The van der Waals surface area contributed by atoms with Gasteiger partial charge < -0.3 is 15.1 Å². The van der Waals surface area contributed by atoms with E-state index in [1.807, 2.05) is 0 Å². The van der Waals surface area contributed by atoms with Gasteiger partial charge in [0.2, 0.25) is 0 Å². The van der Waals surface area contributed by atoms with E-state index in [1.54, 1.807) is 30.1 Å². The molecule has 5 nitrogen and oxygen atoms in total. The van der Waals surface area contributed by atoms with Gasteiger partial charge in [-0.25, -0.2) is 9.18 Å². The molecule has 0 aromatic heterocycles. The van der Waals surface area contributed by atoms with Crippen LogP contribution in [0.25, 0.3) is 0 Å². The minimum atomic E-state index is -0.404. The Morgan fingerprint density at radius 1 is 1.21 bits per heavy atom. The lowest BCUT2D eigenvalue weighted by molar-refractivity contribution is 0.135. The van der Waals surface area contributed by atoms with E-state index in [2.05, 4.69) is 22.2 Å². The van der Waals surface area contributed by atoms with Crippen molar-refractivity contribution < 1.29 is 9.18 Å². The van der Waals surface area contributed by atoms with E-state index in [0.29, 0.717) is 6.04 Å². The van der Waals surface area contributed by atoms with Crippen LogP contribution >= 0.6 is 0 Å². The van der Waals surface area contributed by atoms with Crippen LogP contribution in [0.3, 0.4) is 0 Å². The van der Waals surface area contributed by atoms with Crippen LogP contribution in [0.15, 0.2) is 24.3 Å². The number of halogens is 1. The van der Waals surface area contributed by atoms with Gasteiger partial charge >= 0.3 is 6.03 Å². The molecule has 0 spiro atoms. The third-order valence-corrected chi connectivity index (χ3v) is 5.38. The Hall–Kier alpha value is -1.66. The lowest BCUT2D eigenvalue weighted by Gasteiger charge is -2.35. The largest absolute Gasteiger partial charge is 0.323 e. The second-order valence-electron chi connectivity index (χ2n) is 6.99. The Morgan fingerprint density at radius 2 is 1.92 bits per heavy atom. The zero-order chi connectivity index (χ0) is 17.1. The average molecular weight is 334 g/mol. The number of amides is 2. The fourth-order valence-electron chi connectivity index (χ4n) is 3.71. The maximum atomic E-state index is 13.7. The van der Waals surface area contributed by atoms with Crippen molar-refractivity contribution in [1.29, 1.82) is 0 Å². The number of anilines is 1. The number of nitrogens with one attached hydrogen (secondary N) is 1. The molecule has 2 fully saturated rings. The first-order chi connectivity index (χ1) is 11.5. The quantitative estimate of drug-likeness (QED) is 0.923. The van der Waals surface area contributed by atoms with Gasteiger partial charge in [0.25, 0.3) is 0 Å². The van der Waals surface area contributed by atoms with Gasteiger partial charge in [-0.1, -0.05) is 12.1 Å². The number of piperidine rings is 1. The van der Waals surface area contributed by atoms with Crippen LogP contribution in [0.1, 0.15) is 19.3 Å². The van der Waals surface area contributed by atoms with Gasteiger partial charge in [0.05, 0.1) is 5.69 Å². The highest BCUT2D eigenvalue weighted by molar-refractivity contribution is 5.89. The van der Waals surface area contributed by atoms with Crippen molar-refractivity contribution in [1.82, 2.24) is 14.7 Å². The molecule has 2 heterocycles. The molecule has 1 atom stereocenters. The molecule has 0 saturated carbocycles. The third-order valence-electron chi connectivity index (χ3n) is 5.38. The molecule has 0 aliphatic carbocycles. The van der Waals surface area contributed by atoms with Crippen molar-refractivity contribution in [2.45, 2.75) is 31.3 Å². The van der Waals surface area contributed by atoms with Crippen molar-refractivity contribution in [2.24, 2.45) is 0 Å². The number of likely N-dealkylation sites (N-methyl/N-ethyl adjacent to an activating group) is 1. The lowest BCUT2D eigenvalue weighted by Crippen LogP contribution is -2.45. The number of likely N-dealkylation sites (tertiary alicyclic amines) is 2. The van der Waals surface area contributed by atoms with E-state index in [-0.39, 0.29) is 17.8 Å². The first-order valence-corrected chi connectivity index (χ1v) is 8.75. The first-order valence-electron chi connectivity index (χ1n) is 8.75. The van der Waals surface area contributed by atoms with E-state index in [0.717, 1.165) is 32.6 Å². The van der Waals surface area contributed by atoms with Crippen LogP contribution in [0.2, 0.25) is 0 Å². The summed E-state index contributed by atoms with van der Waals surface area (Å²) >= 11 is 0. The van der Waals surface area contributed by atoms with Crippen molar-refractivity contribution >= 4 is 11.7 Å². The second kappa shape index (κ2) is 7.49. The smallest absolute Gasteiger partial charge is 0.321 e. The van der Waals surface area contributed by atoms with Gasteiger partial charge in [-0.2, -0.15) is 0 Å². The maximum Gasteiger partial charge on any atom is 0.321 e. The number of benzene rings is 1. The summed E-state index contributed by atoms with van der Waals surface area (Å²) in [6, 6.07) is 6.86. The maximum absolute atomic E-state index is 13.7. The molecule has 24 heavy (non-hydrogen) atoms. The molecule has 1 N–H and O–H groups in total. The number of hydrogen-bond acceptors (Lipinski definition) is 3. The number of urea groups is 1. The SMILES string of the molecule is CN1CCC(N2CCC(N(C)C(=O)Nc3ccccc3F)C2)CC1. The average Bonchev–Trinajstić information content (AvgIpc) is 3.07. The zero-order valence-corrected chi connectivity index (χ0v) is 14.5. The highest BCUT2D eigenvalue weighted by atomic mass is 19.1. The molecule has 1 aromatic carbocycles. The van der Waals surface area contributed by atoms with Crippen molar-refractivity contribution in [3.63, 3.8) is 0 Å². The summed E-state index contributed by atoms with van der Waals surface area (Å²) in [6.07, 6.45) is 3.39. The molecule has 3 rings (SSSR count). The molecule has 2 aliphatic rings. The standard InChI is InChI=1S/C18H27FN4O/c1-21-10-7-14(8-11-21)23-12-9-15(13-23)22(2)18(24)20-17-6-4-3-5-16(17)19/h3-6,14-15H,7-13H2,1-2H3,(H,20,24). The number of carbonyl (C=O) groups is 1. The van der Waals surface area contributed by atoms with Crippen LogP contribution in [0, 0.1) is 5.82 Å². The van der Waals surface area contributed by atoms with Crippen LogP contribution in [0.4, 0.5) is 14.9 Å². The second-order valence-corrected chi connectivity index (χ2v) is 6.99. The highest BCUT2D eigenvalue weighted by Gasteiger charge is 2.33. The molecule has 0 radical (unpaired) electrons. The van der Waals surface area contributed by atoms with E-state index in [9.17, 15) is 9.18 Å². The summed E-state index contributed by atoms with van der Waals surface area (Å²) in [6.45, 7) is 4.25.